The van der Waals surface area contributed by atoms with Crippen LogP contribution in [0, 0.1) is 17.3 Å². The molecule has 13 atom stereocenters. The van der Waals surface area contributed by atoms with E-state index in [4.69, 9.17) is 42.6 Å². The van der Waals surface area contributed by atoms with E-state index in [1.807, 2.05) is 0 Å². The van der Waals surface area contributed by atoms with Gasteiger partial charge in [-0.3, -0.25) is 38.5 Å². The monoisotopic (exact) mass is 805 g/mol. The van der Waals surface area contributed by atoms with Gasteiger partial charge in [0.05, 0.1) is 23.1 Å². The molecule has 0 aromatic carbocycles. The molecule has 3 fully saturated rings. The standard InChI is InChI=1S/C38H47NO18/c1-16-17(2)33(46)56-30-28(52-20(5)42)32(55-23(8)45)37(15-49-18(3)40)31(54-22(7)44)27(51-19(4)41)25-29(53-21(6)43)38(37,36(30,10)48)57-35(25,9)14-50-34(47)24-12-11-13-39-26(16)24/h11-13,16-17,25,27-32,48H,14-15H2,1-10H3/t16?,17?,25?,27-,28+,29-,30+,31-,32+,35?,36+,37-,38+/m1/s1. The van der Waals surface area contributed by atoms with Gasteiger partial charge in [-0.2, -0.15) is 0 Å². The maximum atomic E-state index is 14.3. The zero-order chi connectivity index (χ0) is 42.6. The SMILES string of the molecule is CC(=O)OC[C@]12[C@H](OC(C)=O)[C@H](OC(C)=O)C3[C@@H](OC(C)=O)[C@@]14OC3(C)COC(=O)c1cccnc1C(C)C(C)C(=O)O[C@@H]([C@H](OC(C)=O)[C@@H]2OC(C)=O)[C@]4(C)O. The summed E-state index contributed by atoms with van der Waals surface area (Å²) in [5.41, 5.74) is -10.1. The minimum Gasteiger partial charge on any atom is -0.465 e. The fourth-order valence-electron chi connectivity index (χ4n) is 9.25. The van der Waals surface area contributed by atoms with Crippen molar-refractivity contribution in [3.63, 3.8) is 0 Å². The van der Waals surface area contributed by atoms with Crippen molar-refractivity contribution in [1.29, 1.82) is 0 Å². The molecule has 5 rings (SSSR count). The molecular weight excluding hydrogens is 758 g/mol. The van der Waals surface area contributed by atoms with E-state index >= 15 is 0 Å². The Bertz CT molecular complexity index is 1860. The Morgan fingerprint density at radius 3 is 1.84 bits per heavy atom. The Morgan fingerprint density at radius 1 is 0.772 bits per heavy atom. The van der Waals surface area contributed by atoms with Crippen molar-refractivity contribution in [2.75, 3.05) is 13.2 Å². The largest absolute Gasteiger partial charge is 0.465 e. The Labute approximate surface area is 327 Å². The highest BCUT2D eigenvalue weighted by molar-refractivity contribution is 5.91. The van der Waals surface area contributed by atoms with E-state index in [9.17, 15) is 43.5 Å². The molecule has 1 aromatic heterocycles. The van der Waals surface area contributed by atoms with Gasteiger partial charge in [-0.25, -0.2) is 4.79 Å². The number of hydrogen-bond donors (Lipinski definition) is 1. The molecule has 1 spiro atoms. The molecule has 1 aromatic rings. The van der Waals surface area contributed by atoms with Gasteiger partial charge in [-0.15, -0.1) is 0 Å². The molecule has 2 aliphatic heterocycles. The molecule has 19 heteroatoms. The van der Waals surface area contributed by atoms with Crippen molar-refractivity contribution < 1.29 is 86.1 Å². The summed E-state index contributed by atoms with van der Waals surface area (Å²) in [6.07, 6.45) is -10.5. The first-order valence-corrected chi connectivity index (χ1v) is 18.2. The van der Waals surface area contributed by atoms with Crippen LogP contribution in [-0.2, 0) is 76.2 Å². The summed E-state index contributed by atoms with van der Waals surface area (Å²) in [5, 5.41) is 13.4. The lowest BCUT2D eigenvalue weighted by atomic mass is 9.45. The summed E-state index contributed by atoms with van der Waals surface area (Å²) in [4.78, 5) is 111. The molecule has 2 saturated carbocycles. The van der Waals surface area contributed by atoms with Crippen molar-refractivity contribution in [2.45, 2.75) is 129 Å². The summed E-state index contributed by atoms with van der Waals surface area (Å²) in [7, 11) is 0. The third-order valence-electron chi connectivity index (χ3n) is 11.4. The highest BCUT2D eigenvalue weighted by atomic mass is 16.7. The molecule has 312 valence electrons. The number of rotatable bonds is 7. The quantitative estimate of drug-likeness (QED) is 0.298. The fourth-order valence-corrected chi connectivity index (χ4v) is 9.25. The average Bonchev–Trinajstić information content (AvgIpc) is 3.32. The second kappa shape index (κ2) is 15.3. The molecule has 4 unspecified atom stereocenters. The Hall–Kier alpha value is -5.17. The van der Waals surface area contributed by atoms with Crippen LogP contribution in [0.2, 0.25) is 0 Å². The third-order valence-corrected chi connectivity index (χ3v) is 11.4. The van der Waals surface area contributed by atoms with Crippen molar-refractivity contribution in [2.24, 2.45) is 17.3 Å². The smallest absolute Gasteiger partial charge is 0.340 e. The van der Waals surface area contributed by atoms with E-state index in [1.54, 1.807) is 6.92 Å². The number of esters is 8. The van der Waals surface area contributed by atoms with Gasteiger partial charge in [0.15, 0.2) is 30.0 Å². The van der Waals surface area contributed by atoms with Gasteiger partial charge in [-0.1, -0.05) is 13.8 Å². The summed E-state index contributed by atoms with van der Waals surface area (Å²) in [6.45, 7) is 9.67. The van der Waals surface area contributed by atoms with Crippen LogP contribution in [0.1, 0.15) is 91.2 Å². The minimum absolute atomic E-state index is 0.0422. The Morgan fingerprint density at radius 2 is 1.30 bits per heavy atom. The number of fused-ring (bicyclic) bond motifs is 5. The Balaban J connectivity index is 2.01. The lowest BCUT2D eigenvalue weighted by molar-refractivity contribution is -0.387. The van der Waals surface area contributed by atoms with Gasteiger partial charge in [0.25, 0.3) is 0 Å². The number of carbonyl (C=O) groups is 8. The summed E-state index contributed by atoms with van der Waals surface area (Å²) in [5.74, 6) is -11.6. The average molecular weight is 806 g/mol. The van der Waals surface area contributed by atoms with E-state index in [2.05, 4.69) is 4.98 Å². The molecule has 0 radical (unpaired) electrons. The summed E-state index contributed by atoms with van der Waals surface area (Å²) < 4.78 is 54.3. The molecule has 3 heterocycles. The maximum Gasteiger partial charge on any atom is 0.340 e. The van der Waals surface area contributed by atoms with Crippen molar-refractivity contribution in [3.8, 4) is 0 Å². The number of aromatic nitrogens is 1. The molecule has 4 bridgehead atoms. The highest BCUT2D eigenvalue weighted by Gasteiger charge is 2.92. The zero-order valence-corrected chi connectivity index (χ0v) is 33.2. The molecule has 57 heavy (non-hydrogen) atoms. The van der Waals surface area contributed by atoms with E-state index in [-0.39, 0.29) is 11.3 Å². The summed E-state index contributed by atoms with van der Waals surface area (Å²) >= 11 is 0. The number of pyridine rings is 1. The fraction of sp³-hybridized carbons (Fsp3) is 0.658. The van der Waals surface area contributed by atoms with E-state index in [1.165, 1.54) is 32.2 Å². The molecule has 4 aliphatic rings. The lowest BCUT2D eigenvalue weighted by Gasteiger charge is -2.67. The molecule has 2 aliphatic carbocycles. The predicted molar refractivity (Wildman–Crippen MR) is 185 cm³/mol. The molecule has 1 saturated heterocycles. The second-order valence-corrected chi connectivity index (χ2v) is 15.3. The van der Waals surface area contributed by atoms with Crippen LogP contribution in [0.15, 0.2) is 18.3 Å². The van der Waals surface area contributed by atoms with Gasteiger partial charge >= 0.3 is 47.8 Å². The van der Waals surface area contributed by atoms with Crippen LogP contribution in [-0.4, -0.2) is 124 Å². The van der Waals surface area contributed by atoms with Crippen LogP contribution < -0.4 is 0 Å². The number of cyclic esters (lactones) is 1. The zero-order valence-electron chi connectivity index (χ0n) is 33.2. The van der Waals surface area contributed by atoms with Gasteiger partial charge in [0.1, 0.15) is 42.0 Å². The van der Waals surface area contributed by atoms with Crippen LogP contribution in [0.3, 0.4) is 0 Å². The predicted octanol–water partition coefficient (Wildman–Crippen LogP) is 1.03. The van der Waals surface area contributed by atoms with Crippen molar-refractivity contribution >= 4 is 47.8 Å². The Kier molecular flexibility index (Phi) is 11.5. The van der Waals surface area contributed by atoms with Crippen LogP contribution in [0.5, 0.6) is 0 Å². The third kappa shape index (κ3) is 6.97. The van der Waals surface area contributed by atoms with Crippen LogP contribution in [0.25, 0.3) is 0 Å². The number of aliphatic hydroxyl groups is 1. The molecule has 0 amide bonds. The van der Waals surface area contributed by atoms with E-state index in [0.29, 0.717) is 0 Å². The number of nitrogens with zero attached hydrogens (tertiary/aromatic N) is 1. The van der Waals surface area contributed by atoms with Crippen molar-refractivity contribution in [3.05, 3.63) is 29.6 Å². The first-order valence-electron chi connectivity index (χ1n) is 18.2. The maximum absolute atomic E-state index is 14.3. The first-order chi connectivity index (χ1) is 26.5. The van der Waals surface area contributed by atoms with Gasteiger partial charge in [0, 0.05) is 53.7 Å². The highest BCUT2D eigenvalue weighted by Crippen LogP contribution is 2.70. The van der Waals surface area contributed by atoms with Crippen LogP contribution >= 0.6 is 0 Å². The normalized spacial score (nSPS) is 38.2. The van der Waals surface area contributed by atoms with Crippen LogP contribution in [0.4, 0.5) is 0 Å². The number of ether oxygens (including phenoxy) is 9. The summed E-state index contributed by atoms with van der Waals surface area (Å²) in [6, 6.07) is 2.89. The number of carbonyl (C=O) groups excluding carboxylic acids is 8. The molecule has 1 N–H and O–H groups in total. The second-order valence-electron chi connectivity index (χ2n) is 15.3. The van der Waals surface area contributed by atoms with Gasteiger partial charge < -0.3 is 47.7 Å². The first kappa shape index (κ1) is 43.0. The van der Waals surface area contributed by atoms with E-state index < -0.39 is 138 Å². The van der Waals surface area contributed by atoms with Gasteiger partial charge in [0.2, 0.25) is 0 Å². The number of hydrogen-bond acceptors (Lipinski definition) is 19. The molecule has 19 nitrogen and oxygen atoms in total. The molecular formula is C38H47NO18. The minimum atomic E-state index is -2.82. The van der Waals surface area contributed by atoms with E-state index in [0.717, 1.165) is 48.5 Å². The topological polar surface area (TPSA) is 253 Å². The van der Waals surface area contributed by atoms with Gasteiger partial charge in [-0.05, 0) is 26.0 Å². The lowest BCUT2D eigenvalue weighted by Crippen LogP contribution is -2.89. The van der Waals surface area contributed by atoms with Crippen molar-refractivity contribution in [1.82, 2.24) is 4.98 Å².